The van der Waals surface area contributed by atoms with Crippen LogP contribution in [0, 0.1) is 0 Å². The van der Waals surface area contributed by atoms with Crippen molar-refractivity contribution in [1.82, 2.24) is 9.21 Å². The molecule has 1 fully saturated rings. The SMILES string of the molecule is C[C@@H](C(=O)N(C)C)S(=O)(=O)N1CCC[C@@H]1/C=C/c1ccccc1. The number of rotatable bonds is 5. The van der Waals surface area contributed by atoms with E-state index in [4.69, 9.17) is 0 Å². The molecule has 0 aromatic heterocycles. The molecule has 2 atom stereocenters. The van der Waals surface area contributed by atoms with Gasteiger partial charge in [0.2, 0.25) is 15.9 Å². The molecule has 6 heteroatoms. The molecular weight excluding hydrogens is 312 g/mol. The second-order valence-corrected chi connectivity index (χ2v) is 8.22. The van der Waals surface area contributed by atoms with Gasteiger partial charge in [-0.05, 0) is 25.3 Å². The van der Waals surface area contributed by atoms with Crippen LogP contribution in [0.2, 0.25) is 0 Å². The number of carbonyl (C=O) groups excluding carboxylic acids is 1. The van der Waals surface area contributed by atoms with Gasteiger partial charge in [-0.3, -0.25) is 4.79 Å². The van der Waals surface area contributed by atoms with Gasteiger partial charge in [0.25, 0.3) is 0 Å². The summed E-state index contributed by atoms with van der Waals surface area (Å²) in [4.78, 5) is 13.4. The maximum Gasteiger partial charge on any atom is 0.241 e. The lowest BCUT2D eigenvalue weighted by atomic mass is 10.1. The molecule has 126 valence electrons. The lowest BCUT2D eigenvalue weighted by Crippen LogP contribution is -2.46. The van der Waals surface area contributed by atoms with Gasteiger partial charge >= 0.3 is 0 Å². The minimum absolute atomic E-state index is 0.183. The van der Waals surface area contributed by atoms with Gasteiger partial charge in [0.05, 0.1) is 0 Å². The van der Waals surface area contributed by atoms with Gasteiger partial charge in [-0.2, -0.15) is 4.31 Å². The van der Waals surface area contributed by atoms with Crippen molar-refractivity contribution in [2.75, 3.05) is 20.6 Å². The van der Waals surface area contributed by atoms with Crippen molar-refractivity contribution in [3.05, 3.63) is 42.0 Å². The Kier molecular flexibility index (Phi) is 5.59. The molecule has 0 radical (unpaired) electrons. The lowest BCUT2D eigenvalue weighted by Gasteiger charge is -2.26. The standard InChI is InChI=1S/C17H24N2O3S/c1-14(17(20)18(2)3)23(21,22)19-13-7-10-16(19)12-11-15-8-5-4-6-9-15/h4-6,8-9,11-12,14,16H,7,10,13H2,1-3H3/b12-11+/t14-,16+/m0/s1. The molecule has 0 saturated carbocycles. The molecule has 0 bridgehead atoms. The molecule has 1 aromatic rings. The first kappa shape index (κ1) is 17.7. The van der Waals surface area contributed by atoms with E-state index < -0.39 is 15.3 Å². The number of carbonyl (C=O) groups is 1. The molecule has 23 heavy (non-hydrogen) atoms. The van der Waals surface area contributed by atoms with Crippen LogP contribution in [0.25, 0.3) is 6.08 Å². The van der Waals surface area contributed by atoms with Gasteiger partial charge in [-0.25, -0.2) is 8.42 Å². The molecule has 1 aromatic carbocycles. The van der Waals surface area contributed by atoms with Crippen LogP contribution in [-0.4, -0.2) is 55.5 Å². The van der Waals surface area contributed by atoms with Crippen LogP contribution in [0.4, 0.5) is 0 Å². The Labute approximate surface area is 138 Å². The van der Waals surface area contributed by atoms with E-state index in [9.17, 15) is 13.2 Å². The van der Waals surface area contributed by atoms with Crippen molar-refractivity contribution in [3.63, 3.8) is 0 Å². The molecule has 2 rings (SSSR count). The zero-order valence-corrected chi connectivity index (χ0v) is 14.7. The summed E-state index contributed by atoms with van der Waals surface area (Å²) in [5, 5.41) is -1.05. The summed E-state index contributed by atoms with van der Waals surface area (Å²) in [5.74, 6) is -0.386. The molecule has 1 saturated heterocycles. The third kappa shape index (κ3) is 4.00. The Morgan fingerprint density at radius 1 is 1.30 bits per heavy atom. The van der Waals surface area contributed by atoms with E-state index in [0.717, 1.165) is 18.4 Å². The number of nitrogens with zero attached hydrogens (tertiary/aromatic N) is 2. The molecule has 1 amide bonds. The molecule has 0 unspecified atom stereocenters. The van der Waals surface area contributed by atoms with Gasteiger partial charge in [0, 0.05) is 26.7 Å². The minimum Gasteiger partial charge on any atom is -0.348 e. The van der Waals surface area contributed by atoms with E-state index in [1.807, 2.05) is 42.5 Å². The highest BCUT2D eigenvalue weighted by Gasteiger charge is 2.39. The van der Waals surface area contributed by atoms with Crippen molar-refractivity contribution in [2.45, 2.75) is 31.1 Å². The molecule has 0 spiro atoms. The van der Waals surface area contributed by atoms with Crippen LogP contribution in [0.1, 0.15) is 25.3 Å². The fourth-order valence-electron chi connectivity index (χ4n) is 2.75. The Morgan fingerprint density at radius 2 is 1.96 bits per heavy atom. The molecule has 0 aliphatic carbocycles. The summed E-state index contributed by atoms with van der Waals surface area (Å²) in [6.45, 7) is 1.94. The number of hydrogen-bond acceptors (Lipinski definition) is 3. The van der Waals surface area contributed by atoms with Crippen LogP contribution in [0.15, 0.2) is 36.4 Å². The van der Waals surface area contributed by atoms with Crippen molar-refractivity contribution in [1.29, 1.82) is 0 Å². The number of sulfonamides is 1. The molecule has 1 heterocycles. The Morgan fingerprint density at radius 3 is 2.57 bits per heavy atom. The fourth-order valence-corrected chi connectivity index (χ4v) is 4.56. The summed E-state index contributed by atoms with van der Waals surface area (Å²) in [6, 6.07) is 9.60. The highest BCUT2D eigenvalue weighted by atomic mass is 32.2. The zero-order valence-electron chi connectivity index (χ0n) is 13.8. The summed E-state index contributed by atoms with van der Waals surface area (Å²) >= 11 is 0. The number of hydrogen-bond donors (Lipinski definition) is 0. The van der Waals surface area contributed by atoms with E-state index >= 15 is 0 Å². The van der Waals surface area contributed by atoms with Gasteiger partial charge in [-0.15, -0.1) is 0 Å². The minimum atomic E-state index is -3.65. The maximum atomic E-state index is 12.7. The van der Waals surface area contributed by atoms with Crippen molar-refractivity contribution >= 4 is 22.0 Å². The second-order valence-electron chi connectivity index (χ2n) is 6.01. The third-order valence-electron chi connectivity index (χ3n) is 4.12. The number of amides is 1. The van der Waals surface area contributed by atoms with Crippen molar-refractivity contribution < 1.29 is 13.2 Å². The monoisotopic (exact) mass is 336 g/mol. The fraction of sp³-hybridized carbons (Fsp3) is 0.471. The first-order valence-electron chi connectivity index (χ1n) is 7.79. The smallest absolute Gasteiger partial charge is 0.241 e. The van der Waals surface area contributed by atoms with E-state index in [-0.39, 0.29) is 11.9 Å². The lowest BCUT2D eigenvalue weighted by molar-refractivity contribution is -0.128. The summed E-state index contributed by atoms with van der Waals surface area (Å²) in [5.41, 5.74) is 1.04. The zero-order chi connectivity index (χ0) is 17.0. The average Bonchev–Trinajstić information content (AvgIpc) is 3.01. The molecule has 5 nitrogen and oxygen atoms in total. The van der Waals surface area contributed by atoms with Crippen LogP contribution in [0.5, 0.6) is 0 Å². The van der Waals surface area contributed by atoms with Gasteiger partial charge < -0.3 is 4.90 Å². The third-order valence-corrected chi connectivity index (χ3v) is 6.32. The van der Waals surface area contributed by atoms with E-state index in [1.54, 1.807) is 14.1 Å². The van der Waals surface area contributed by atoms with Crippen LogP contribution >= 0.6 is 0 Å². The Hall–Kier alpha value is -1.66. The van der Waals surface area contributed by atoms with Gasteiger partial charge in [0.15, 0.2) is 5.25 Å². The summed E-state index contributed by atoms with van der Waals surface area (Å²) < 4.78 is 27.0. The van der Waals surface area contributed by atoms with Crippen molar-refractivity contribution in [2.24, 2.45) is 0 Å². The van der Waals surface area contributed by atoms with Gasteiger partial charge in [0.1, 0.15) is 0 Å². The number of benzene rings is 1. The summed E-state index contributed by atoms with van der Waals surface area (Å²) in [6.07, 6.45) is 5.46. The normalized spacial score (nSPS) is 20.7. The summed E-state index contributed by atoms with van der Waals surface area (Å²) in [7, 11) is -0.497. The predicted octanol–water partition coefficient (Wildman–Crippen LogP) is 1.97. The average molecular weight is 336 g/mol. The first-order chi connectivity index (χ1) is 10.8. The Balaban J connectivity index is 2.17. The Bertz CT molecular complexity index is 668. The van der Waals surface area contributed by atoms with Crippen molar-refractivity contribution in [3.8, 4) is 0 Å². The largest absolute Gasteiger partial charge is 0.348 e. The molecule has 1 aliphatic heterocycles. The van der Waals surface area contributed by atoms with E-state index in [1.165, 1.54) is 16.1 Å². The van der Waals surface area contributed by atoms with Crippen LogP contribution in [-0.2, 0) is 14.8 Å². The first-order valence-corrected chi connectivity index (χ1v) is 9.29. The molecular formula is C17H24N2O3S. The van der Waals surface area contributed by atoms with Gasteiger partial charge in [-0.1, -0.05) is 42.5 Å². The topological polar surface area (TPSA) is 57.7 Å². The molecule has 1 aliphatic rings. The van der Waals surface area contributed by atoms with E-state index in [0.29, 0.717) is 6.54 Å². The quantitative estimate of drug-likeness (QED) is 0.826. The maximum absolute atomic E-state index is 12.7. The second kappa shape index (κ2) is 7.27. The molecule has 0 N–H and O–H groups in total. The predicted molar refractivity (Wildman–Crippen MR) is 92.3 cm³/mol. The highest BCUT2D eigenvalue weighted by molar-refractivity contribution is 7.90. The van der Waals surface area contributed by atoms with Crippen LogP contribution in [0.3, 0.4) is 0 Å². The highest BCUT2D eigenvalue weighted by Crippen LogP contribution is 2.25. The van der Waals surface area contributed by atoms with Crippen LogP contribution < -0.4 is 0 Å². The van der Waals surface area contributed by atoms with E-state index in [2.05, 4.69) is 0 Å².